The van der Waals surface area contributed by atoms with Gasteiger partial charge in [-0.05, 0) is 0 Å². The van der Waals surface area contributed by atoms with Crippen LogP contribution in [0.2, 0.25) is 0 Å². The molecule has 3 nitrogen and oxygen atoms in total. The molecule has 0 aromatic carbocycles. The van der Waals surface area contributed by atoms with Gasteiger partial charge in [-0.3, -0.25) is 6.08 Å². The third-order valence-corrected chi connectivity index (χ3v) is 0.867. The molecular formula is C15H28O3Zr. The summed E-state index contributed by atoms with van der Waals surface area (Å²) in [4.78, 5) is 0. The fourth-order valence-electron chi connectivity index (χ4n) is 0.515. The van der Waals surface area contributed by atoms with Gasteiger partial charge >= 0.3 is 26.2 Å². The first-order valence-corrected chi connectivity index (χ1v) is 6.31. The summed E-state index contributed by atoms with van der Waals surface area (Å²) in [5.41, 5.74) is 1.27. The molecule has 0 unspecified atom stereocenters. The smallest absolute Gasteiger partial charge is 0.852 e. The van der Waals surface area contributed by atoms with E-state index in [1.807, 2.05) is 0 Å². The summed E-state index contributed by atoms with van der Waals surface area (Å²) >= 11 is 0. The van der Waals surface area contributed by atoms with Gasteiger partial charge in [-0.2, -0.15) is 6.08 Å². The summed E-state index contributed by atoms with van der Waals surface area (Å²) < 4.78 is 0. The zero-order valence-corrected chi connectivity index (χ0v) is 15.8. The van der Waals surface area contributed by atoms with Crippen molar-refractivity contribution in [1.29, 1.82) is 0 Å². The topological polar surface area (TPSA) is 69.2 Å². The van der Waals surface area contributed by atoms with Crippen LogP contribution in [0.5, 0.6) is 0 Å². The molecule has 0 spiro atoms. The maximum atomic E-state index is 9.53. The zero-order valence-electron chi connectivity index (χ0n) is 13.3. The second-order valence-corrected chi connectivity index (χ2v) is 4.61. The average molecular weight is 348 g/mol. The van der Waals surface area contributed by atoms with E-state index in [1.54, 1.807) is 41.5 Å². The molecule has 0 bridgehead atoms. The summed E-state index contributed by atoms with van der Waals surface area (Å²) in [6.07, 6.45) is 7.08. The van der Waals surface area contributed by atoms with E-state index in [0.717, 1.165) is 6.42 Å². The third kappa shape index (κ3) is 91.7. The summed E-state index contributed by atoms with van der Waals surface area (Å²) in [7, 11) is 0. The van der Waals surface area contributed by atoms with Gasteiger partial charge in [-0.25, -0.2) is 11.6 Å². The molecule has 0 radical (unpaired) electrons. The van der Waals surface area contributed by atoms with Crippen LogP contribution < -0.4 is 15.3 Å². The molecule has 0 atom stereocenters. The van der Waals surface area contributed by atoms with Gasteiger partial charge in [0.25, 0.3) is 0 Å². The van der Waals surface area contributed by atoms with E-state index < -0.39 is 18.3 Å². The van der Waals surface area contributed by atoms with E-state index in [0.29, 0.717) is 0 Å². The van der Waals surface area contributed by atoms with Crippen molar-refractivity contribution in [3.05, 3.63) is 23.8 Å². The molecule has 110 valence electrons. The van der Waals surface area contributed by atoms with Crippen LogP contribution in [0.15, 0.2) is 17.7 Å². The second kappa shape index (κ2) is 20.6. The average Bonchev–Trinajstić information content (AvgIpc) is 2.51. The monoisotopic (exact) mass is 346 g/mol. The van der Waals surface area contributed by atoms with Crippen molar-refractivity contribution in [3.8, 4) is 0 Å². The van der Waals surface area contributed by atoms with Gasteiger partial charge in [0, 0.05) is 0 Å². The van der Waals surface area contributed by atoms with E-state index in [9.17, 15) is 15.3 Å². The van der Waals surface area contributed by atoms with Crippen LogP contribution in [-0.2, 0) is 26.2 Å². The molecule has 1 aliphatic rings. The minimum Gasteiger partial charge on any atom is -0.852 e. The van der Waals surface area contributed by atoms with Crippen molar-refractivity contribution in [1.82, 2.24) is 0 Å². The second-order valence-electron chi connectivity index (χ2n) is 4.61. The summed E-state index contributed by atoms with van der Waals surface area (Å²) in [6.45, 7) is 11.7. The molecule has 4 heteroatoms. The number of hydrogen-bond donors (Lipinski definition) is 0. The van der Waals surface area contributed by atoms with Crippen molar-refractivity contribution < 1.29 is 41.5 Å². The standard InChI is InChI=1S/C6H7.3C3H7O.Zr/c1-6-4-2-3-5-6;3*1-3(2)4;/h2,4H,3H2,1H3;3*3H,1-2H3;/q4*-1;+4. The molecule has 0 N–H and O–H groups in total. The van der Waals surface area contributed by atoms with Crippen LogP contribution in [-0.4, -0.2) is 18.3 Å². The van der Waals surface area contributed by atoms with Crippen molar-refractivity contribution in [2.24, 2.45) is 0 Å². The Bertz CT molecular complexity index is 184. The van der Waals surface area contributed by atoms with Crippen LogP contribution in [0.25, 0.3) is 0 Å². The largest absolute Gasteiger partial charge is 4.00 e. The Morgan fingerprint density at radius 1 is 0.895 bits per heavy atom. The summed E-state index contributed by atoms with van der Waals surface area (Å²) in [5, 5.41) is 28.6. The van der Waals surface area contributed by atoms with Crippen LogP contribution in [0.1, 0.15) is 54.9 Å². The van der Waals surface area contributed by atoms with Gasteiger partial charge in [-0.1, -0.05) is 48.5 Å². The van der Waals surface area contributed by atoms with Crippen molar-refractivity contribution in [2.75, 3.05) is 0 Å². The Kier molecular flexibility index (Phi) is 29.8. The van der Waals surface area contributed by atoms with Gasteiger partial charge in [0.1, 0.15) is 0 Å². The van der Waals surface area contributed by atoms with Crippen molar-refractivity contribution in [2.45, 2.75) is 73.2 Å². The number of rotatable bonds is 0. The Morgan fingerprint density at radius 2 is 1.16 bits per heavy atom. The Morgan fingerprint density at radius 3 is 1.21 bits per heavy atom. The van der Waals surface area contributed by atoms with E-state index >= 15 is 0 Å². The van der Waals surface area contributed by atoms with Crippen LogP contribution in [0.4, 0.5) is 0 Å². The van der Waals surface area contributed by atoms with Crippen LogP contribution in [0, 0.1) is 6.08 Å². The molecular weight excluding hydrogens is 319 g/mol. The van der Waals surface area contributed by atoms with E-state index in [-0.39, 0.29) is 26.2 Å². The van der Waals surface area contributed by atoms with Gasteiger partial charge in [-0.15, -0.1) is 24.7 Å². The SMILES string of the molecule is CC(C)[O-].CC(C)[O-].CC(C)[O-].CC1=[C-]CC=C1.[Zr+4]. The van der Waals surface area contributed by atoms with E-state index in [2.05, 4.69) is 25.2 Å². The first kappa shape index (κ1) is 27.6. The fourth-order valence-corrected chi connectivity index (χ4v) is 0.515. The molecule has 0 saturated heterocycles. The predicted octanol–water partition coefficient (Wildman–Crippen LogP) is 0.959. The summed E-state index contributed by atoms with van der Waals surface area (Å²) in [6, 6.07) is 0. The number of allylic oxidation sites excluding steroid dienone is 4. The fraction of sp³-hybridized carbons (Fsp3) is 0.733. The molecule has 1 rings (SSSR count). The molecule has 0 aromatic heterocycles. The van der Waals surface area contributed by atoms with E-state index in [1.165, 1.54) is 5.57 Å². The van der Waals surface area contributed by atoms with Gasteiger partial charge in [0.2, 0.25) is 0 Å². The molecule has 0 saturated carbocycles. The van der Waals surface area contributed by atoms with Gasteiger partial charge in [0.15, 0.2) is 0 Å². The quantitative estimate of drug-likeness (QED) is 0.613. The molecule has 0 aliphatic heterocycles. The minimum atomic E-state index is -0.417. The maximum absolute atomic E-state index is 9.53. The number of hydrogen-bond acceptors (Lipinski definition) is 3. The molecule has 1 aliphatic carbocycles. The first-order valence-electron chi connectivity index (χ1n) is 6.31. The van der Waals surface area contributed by atoms with Crippen molar-refractivity contribution in [3.63, 3.8) is 0 Å². The molecule has 19 heavy (non-hydrogen) atoms. The maximum Gasteiger partial charge on any atom is 4.00 e. The predicted molar refractivity (Wildman–Crippen MR) is 71.6 cm³/mol. The first-order chi connectivity index (χ1) is 8.09. The van der Waals surface area contributed by atoms with Crippen LogP contribution >= 0.6 is 0 Å². The van der Waals surface area contributed by atoms with Crippen LogP contribution in [0.3, 0.4) is 0 Å². The normalized spacial score (nSPS) is 11.5. The Hall–Kier alpha value is 0.243. The van der Waals surface area contributed by atoms with E-state index in [4.69, 9.17) is 0 Å². The Balaban J connectivity index is -0.0000000796. The van der Waals surface area contributed by atoms with Gasteiger partial charge in [0.05, 0.1) is 0 Å². The molecule has 0 heterocycles. The van der Waals surface area contributed by atoms with Crippen molar-refractivity contribution >= 4 is 0 Å². The third-order valence-electron chi connectivity index (χ3n) is 0.867. The molecule has 0 aromatic rings. The summed E-state index contributed by atoms with van der Waals surface area (Å²) in [5.74, 6) is 0. The van der Waals surface area contributed by atoms with Gasteiger partial charge < -0.3 is 15.3 Å². The molecule has 0 amide bonds. The minimum absolute atomic E-state index is 0. The molecule has 0 fully saturated rings. The zero-order chi connectivity index (χ0) is 15.1. The Labute approximate surface area is 138 Å².